The van der Waals surface area contributed by atoms with Crippen LogP contribution in [-0.2, 0) is 4.79 Å². The highest BCUT2D eigenvalue weighted by atomic mass is 16.1. The lowest BCUT2D eigenvalue weighted by Crippen LogP contribution is -2.40. The Labute approximate surface area is 86.7 Å². The van der Waals surface area contributed by atoms with E-state index in [1.54, 1.807) is 0 Å². The van der Waals surface area contributed by atoms with Gasteiger partial charge in [0.05, 0.1) is 0 Å². The molecule has 80 valence electrons. The number of hydrogen-bond donors (Lipinski definition) is 0. The van der Waals surface area contributed by atoms with Gasteiger partial charge in [0.2, 0.25) is 0 Å². The Hall–Kier alpha value is -0.370. The van der Waals surface area contributed by atoms with Gasteiger partial charge in [0, 0.05) is 24.9 Å². The van der Waals surface area contributed by atoms with E-state index in [4.69, 9.17) is 0 Å². The molecule has 2 fully saturated rings. The van der Waals surface area contributed by atoms with Crippen LogP contribution in [0.25, 0.3) is 0 Å². The minimum Gasteiger partial charge on any atom is -0.300 e. The Kier molecular flexibility index (Phi) is 3.22. The van der Waals surface area contributed by atoms with Crippen molar-refractivity contribution in [2.24, 2.45) is 0 Å². The SMILES string of the molecule is CCCN(C1CCC(=O)CC1)C1CC1. The predicted molar refractivity (Wildman–Crippen MR) is 57.3 cm³/mol. The van der Waals surface area contributed by atoms with Gasteiger partial charge >= 0.3 is 0 Å². The first-order valence-corrected chi connectivity index (χ1v) is 6.08. The first kappa shape index (κ1) is 10.2. The first-order chi connectivity index (χ1) is 6.81. The zero-order valence-electron chi connectivity index (χ0n) is 9.17. The van der Waals surface area contributed by atoms with E-state index in [1.807, 2.05) is 0 Å². The molecule has 2 nitrogen and oxygen atoms in total. The molecule has 0 aromatic carbocycles. The van der Waals surface area contributed by atoms with E-state index in [0.29, 0.717) is 5.78 Å². The highest BCUT2D eigenvalue weighted by molar-refractivity contribution is 5.79. The summed E-state index contributed by atoms with van der Waals surface area (Å²) in [5.74, 6) is 0.480. The van der Waals surface area contributed by atoms with Gasteiger partial charge in [-0.2, -0.15) is 0 Å². The van der Waals surface area contributed by atoms with E-state index in [0.717, 1.165) is 37.8 Å². The second-order valence-corrected chi connectivity index (χ2v) is 4.74. The maximum atomic E-state index is 11.2. The number of nitrogens with zero attached hydrogens (tertiary/aromatic N) is 1. The fourth-order valence-corrected chi connectivity index (χ4v) is 2.58. The summed E-state index contributed by atoms with van der Waals surface area (Å²) in [5.41, 5.74) is 0. The van der Waals surface area contributed by atoms with Crippen molar-refractivity contribution in [2.75, 3.05) is 6.54 Å². The van der Waals surface area contributed by atoms with Gasteiger partial charge in [0.1, 0.15) is 5.78 Å². The van der Waals surface area contributed by atoms with Crippen molar-refractivity contribution in [1.82, 2.24) is 4.90 Å². The van der Waals surface area contributed by atoms with E-state index in [2.05, 4.69) is 11.8 Å². The number of hydrogen-bond acceptors (Lipinski definition) is 2. The van der Waals surface area contributed by atoms with Crippen LogP contribution in [0.5, 0.6) is 0 Å². The van der Waals surface area contributed by atoms with Crippen molar-refractivity contribution in [3.05, 3.63) is 0 Å². The number of rotatable bonds is 4. The molecule has 2 aliphatic rings. The average molecular weight is 195 g/mol. The molecule has 2 aliphatic carbocycles. The Morgan fingerprint density at radius 2 is 1.71 bits per heavy atom. The minimum atomic E-state index is 0.480. The number of ketones is 1. The van der Waals surface area contributed by atoms with Gasteiger partial charge in [-0.3, -0.25) is 9.69 Å². The van der Waals surface area contributed by atoms with E-state index in [9.17, 15) is 4.79 Å². The molecule has 0 radical (unpaired) electrons. The Morgan fingerprint density at radius 3 is 2.21 bits per heavy atom. The number of carbonyl (C=O) groups is 1. The van der Waals surface area contributed by atoms with Crippen LogP contribution in [0, 0.1) is 0 Å². The Balaban J connectivity index is 1.86. The third-order valence-corrected chi connectivity index (χ3v) is 3.48. The Morgan fingerprint density at radius 1 is 1.14 bits per heavy atom. The number of Topliss-reactive ketones (excluding diaryl/α,β-unsaturated/α-hetero) is 1. The Bertz CT molecular complexity index is 200. The van der Waals surface area contributed by atoms with Gasteiger partial charge in [0.25, 0.3) is 0 Å². The topological polar surface area (TPSA) is 20.3 Å². The lowest BCUT2D eigenvalue weighted by atomic mass is 9.93. The summed E-state index contributed by atoms with van der Waals surface area (Å²) in [5, 5.41) is 0. The van der Waals surface area contributed by atoms with Crippen LogP contribution < -0.4 is 0 Å². The molecular weight excluding hydrogens is 174 g/mol. The maximum absolute atomic E-state index is 11.2. The van der Waals surface area contributed by atoms with Crippen LogP contribution in [0.4, 0.5) is 0 Å². The largest absolute Gasteiger partial charge is 0.300 e. The molecule has 2 heteroatoms. The molecule has 0 aromatic rings. The summed E-state index contributed by atoms with van der Waals surface area (Å²) in [6.07, 6.45) is 7.94. The molecule has 0 aliphatic heterocycles. The standard InChI is InChI=1S/C12H21NO/c1-2-9-13(10-3-4-10)11-5-7-12(14)8-6-11/h10-11H,2-9H2,1H3. The lowest BCUT2D eigenvalue weighted by molar-refractivity contribution is -0.121. The van der Waals surface area contributed by atoms with Crippen LogP contribution in [-0.4, -0.2) is 29.3 Å². The van der Waals surface area contributed by atoms with E-state index >= 15 is 0 Å². The smallest absolute Gasteiger partial charge is 0.133 e. The maximum Gasteiger partial charge on any atom is 0.133 e. The lowest BCUT2D eigenvalue weighted by Gasteiger charge is -2.33. The highest BCUT2D eigenvalue weighted by Gasteiger charge is 2.34. The summed E-state index contributed by atoms with van der Waals surface area (Å²) in [7, 11) is 0. The molecule has 0 N–H and O–H groups in total. The van der Waals surface area contributed by atoms with E-state index in [-0.39, 0.29) is 0 Å². The van der Waals surface area contributed by atoms with Crippen molar-refractivity contribution in [3.8, 4) is 0 Å². The quantitative estimate of drug-likeness (QED) is 0.686. The van der Waals surface area contributed by atoms with Crippen molar-refractivity contribution in [1.29, 1.82) is 0 Å². The summed E-state index contributed by atoms with van der Waals surface area (Å²) in [6, 6.07) is 1.59. The van der Waals surface area contributed by atoms with E-state index in [1.165, 1.54) is 25.8 Å². The van der Waals surface area contributed by atoms with Crippen LogP contribution in [0.1, 0.15) is 51.9 Å². The summed E-state index contributed by atoms with van der Waals surface area (Å²) in [6.45, 7) is 3.49. The van der Waals surface area contributed by atoms with Gasteiger partial charge in [-0.1, -0.05) is 6.92 Å². The average Bonchev–Trinajstić information content (AvgIpc) is 2.99. The van der Waals surface area contributed by atoms with Crippen LogP contribution >= 0.6 is 0 Å². The number of carbonyl (C=O) groups excluding carboxylic acids is 1. The first-order valence-electron chi connectivity index (χ1n) is 6.08. The van der Waals surface area contributed by atoms with E-state index < -0.39 is 0 Å². The molecule has 2 saturated carbocycles. The summed E-state index contributed by atoms with van der Waals surface area (Å²) < 4.78 is 0. The second kappa shape index (κ2) is 4.43. The highest BCUT2D eigenvalue weighted by Crippen LogP contribution is 2.32. The summed E-state index contributed by atoms with van der Waals surface area (Å²) >= 11 is 0. The minimum absolute atomic E-state index is 0.480. The van der Waals surface area contributed by atoms with Gasteiger partial charge in [-0.05, 0) is 38.6 Å². The molecular formula is C12H21NO. The van der Waals surface area contributed by atoms with Gasteiger partial charge in [-0.25, -0.2) is 0 Å². The molecule has 0 aromatic heterocycles. The molecule has 0 saturated heterocycles. The zero-order valence-corrected chi connectivity index (χ0v) is 9.17. The normalized spacial score (nSPS) is 24.6. The molecule has 2 rings (SSSR count). The molecule has 0 bridgehead atoms. The van der Waals surface area contributed by atoms with Crippen molar-refractivity contribution in [3.63, 3.8) is 0 Å². The van der Waals surface area contributed by atoms with Crippen molar-refractivity contribution < 1.29 is 4.79 Å². The van der Waals surface area contributed by atoms with Gasteiger partial charge < -0.3 is 0 Å². The second-order valence-electron chi connectivity index (χ2n) is 4.74. The fourth-order valence-electron chi connectivity index (χ4n) is 2.58. The molecule has 0 spiro atoms. The van der Waals surface area contributed by atoms with Crippen LogP contribution in [0.3, 0.4) is 0 Å². The van der Waals surface area contributed by atoms with Gasteiger partial charge in [0.15, 0.2) is 0 Å². The van der Waals surface area contributed by atoms with Crippen molar-refractivity contribution >= 4 is 5.78 Å². The third kappa shape index (κ3) is 2.35. The van der Waals surface area contributed by atoms with Crippen LogP contribution in [0.2, 0.25) is 0 Å². The summed E-state index contributed by atoms with van der Waals surface area (Å²) in [4.78, 5) is 13.8. The van der Waals surface area contributed by atoms with Gasteiger partial charge in [-0.15, -0.1) is 0 Å². The zero-order chi connectivity index (χ0) is 9.97. The molecule has 0 amide bonds. The molecule has 0 unspecified atom stereocenters. The van der Waals surface area contributed by atoms with Crippen LogP contribution in [0.15, 0.2) is 0 Å². The fraction of sp³-hybridized carbons (Fsp3) is 0.917. The molecule has 0 heterocycles. The third-order valence-electron chi connectivity index (χ3n) is 3.48. The van der Waals surface area contributed by atoms with Crippen molar-refractivity contribution in [2.45, 2.75) is 64.0 Å². The molecule has 0 atom stereocenters. The molecule has 14 heavy (non-hydrogen) atoms. The monoisotopic (exact) mass is 195 g/mol. The predicted octanol–water partition coefficient (Wildman–Crippen LogP) is 2.37.